The van der Waals surface area contributed by atoms with E-state index in [0.717, 1.165) is 6.54 Å². The topological polar surface area (TPSA) is 15.3 Å². The van der Waals surface area contributed by atoms with E-state index in [4.69, 9.17) is 0 Å². The zero-order valence-electron chi connectivity index (χ0n) is 12.7. The fourth-order valence-electron chi connectivity index (χ4n) is 2.06. The monoisotopic (exact) mass is 248 g/mol. The molecule has 0 radical (unpaired) electrons. The summed E-state index contributed by atoms with van der Waals surface area (Å²) in [5.74, 6) is 0. The van der Waals surface area contributed by atoms with Gasteiger partial charge in [0, 0.05) is 31.4 Å². The highest BCUT2D eigenvalue weighted by Crippen LogP contribution is 2.22. The van der Waals surface area contributed by atoms with Crippen LogP contribution in [0.4, 0.5) is 5.69 Å². The average Bonchev–Trinajstić information content (AvgIpc) is 2.34. The van der Waals surface area contributed by atoms with Gasteiger partial charge in [-0.3, -0.25) is 0 Å². The summed E-state index contributed by atoms with van der Waals surface area (Å²) >= 11 is 0. The number of nitrogens with one attached hydrogen (secondary N) is 1. The Morgan fingerprint density at radius 3 is 2.39 bits per heavy atom. The van der Waals surface area contributed by atoms with Crippen LogP contribution in [0.5, 0.6) is 0 Å². The molecular weight excluding hydrogens is 220 g/mol. The molecule has 0 amide bonds. The van der Waals surface area contributed by atoms with E-state index >= 15 is 0 Å². The molecule has 0 bridgehead atoms. The summed E-state index contributed by atoms with van der Waals surface area (Å²) in [4.78, 5) is 2.37. The Hall–Kier alpha value is -1.02. The average molecular weight is 248 g/mol. The maximum absolute atomic E-state index is 3.46. The molecule has 0 saturated heterocycles. The predicted molar refractivity (Wildman–Crippen MR) is 81.3 cm³/mol. The van der Waals surface area contributed by atoms with Gasteiger partial charge in [0.2, 0.25) is 0 Å². The molecule has 2 nitrogen and oxygen atoms in total. The van der Waals surface area contributed by atoms with Crippen molar-refractivity contribution in [3.05, 3.63) is 29.3 Å². The Bertz CT molecular complexity index is 371. The van der Waals surface area contributed by atoms with E-state index in [0.29, 0.717) is 12.1 Å². The van der Waals surface area contributed by atoms with Crippen molar-refractivity contribution < 1.29 is 0 Å². The highest BCUT2D eigenvalue weighted by Gasteiger charge is 2.10. The van der Waals surface area contributed by atoms with Gasteiger partial charge in [0.05, 0.1) is 0 Å². The van der Waals surface area contributed by atoms with Crippen molar-refractivity contribution in [2.24, 2.45) is 0 Å². The normalized spacial score (nSPS) is 12.8. The molecule has 1 aromatic rings. The summed E-state index contributed by atoms with van der Waals surface area (Å²) < 4.78 is 0. The smallest absolute Gasteiger partial charge is 0.0395 e. The van der Waals surface area contributed by atoms with Crippen LogP contribution in [0, 0.1) is 6.92 Å². The first-order valence-electron chi connectivity index (χ1n) is 7.01. The van der Waals surface area contributed by atoms with E-state index in [-0.39, 0.29) is 0 Å². The Balaban J connectivity index is 2.79. The molecule has 0 spiro atoms. The molecule has 1 unspecified atom stereocenters. The molecule has 0 aliphatic carbocycles. The zero-order valence-corrected chi connectivity index (χ0v) is 12.7. The Labute approximate surface area is 112 Å². The van der Waals surface area contributed by atoms with Crippen LogP contribution in [-0.4, -0.2) is 19.1 Å². The van der Waals surface area contributed by atoms with Crippen molar-refractivity contribution in [3.63, 3.8) is 0 Å². The van der Waals surface area contributed by atoms with Crippen LogP contribution >= 0.6 is 0 Å². The number of nitrogens with zero attached hydrogens (tertiary/aromatic N) is 1. The lowest BCUT2D eigenvalue weighted by atomic mass is 10.1. The Morgan fingerprint density at radius 1 is 1.22 bits per heavy atom. The molecule has 0 aliphatic heterocycles. The summed E-state index contributed by atoms with van der Waals surface area (Å²) in [7, 11) is 2.18. The van der Waals surface area contributed by atoms with E-state index in [1.165, 1.54) is 23.2 Å². The van der Waals surface area contributed by atoms with Gasteiger partial charge >= 0.3 is 0 Å². The van der Waals surface area contributed by atoms with Crippen LogP contribution in [-0.2, 0) is 6.54 Å². The number of anilines is 1. The second-order valence-corrected chi connectivity index (χ2v) is 5.52. The summed E-state index contributed by atoms with van der Waals surface area (Å²) in [5.41, 5.74) is 4.07. The minimum absolute atomic E-state index is 0.535. The highest BCUT2D eigenvalue weighted by molar-refractivity contribution is 5.54. The van der Waals surface area contributed by atoms with Crippen molar-refractivity contribution in [3.8, 4) is 0 Å². The van der Waals surface area contributed by atoms with Crippen LogP contribution in [0.2, 0.25) is 0 Å². The molecule has 0 fully saturated rings. The third-order valence-electron chi connectivity index (χ3n) is 3.61. The molecule has 0 aliphatic rings. The van der Waals surface area contributed by atoms with Gasteiger partial charge in [-0.1, -0.05) is 32.9 Å². The zero-order chi connectivity index (χ0) is 13.7. The quantitative estimate of drug-likeness (QED) is 0.825. The molecule has 1 N–H and O–H groups in total. The van der Waals surface area contributed by atoms with Crippen molar-refractivity contribution in [2.75, 3.05) is 11.9 Å². The maximum atomic E-state index is 3.46. The van der Waals surface area contributed by atoms with Crippen LogP contribution < -0.4 is 10.2 Å². The van der Waals surface area contributed by atoms with E-state index in [9.17, 15) is 0 Å². The Kier molecular flexibility index (Phi) is 5.67. The fourth-order valence-corrected chi connectivity index (χ4v) is 2.06. The number of aryl methyl sites for hydroxylation is 1. The van der Waals surface area contributed by atoms with E-state index < -0.39 is 0 Å². The predicted octanol–water partition coefficient (Wildman–Crippen LogP) is 3.73. The Morgan fingerprint density at radius 2 is 1.89 bits per heavy atom. The van der Waals surface area contributed by atoms with Gasteiger partial charge in [-0.05, 0) is 37.5 Å². The summed E-state index contributed by atoms with van der Waals surface area (Å²) in [5, 5.41) is 3.46. The van der Waals surface area contributed by atoms with Crippen LogP contribution in [0.3, 0.4) is 0 Å². The van der Waals surface area contributed by atoms with Gasteiger partial charge in [0.1, 0.15) is 0 Å². The molecule has 1 rings (SSSR count). The first-order chi connectivity index (χ1) is 8.45. The van der Waals surface area contributed by atoms with Crippen molar-refractivity contribution >= 4 is 5.69 Å². The van der Waals surface area contributed by atoms with Gasteiger partial charge in [-0.25, -0.2) is 0 Å². The second-order valence-electron chi connectivity index (χ2n) is 5.52. The van der Waals surface area contributed by atoms with Gasteiger partial charge in [0.15, 0.2) is 0 Å². The third-order valence-corrected chi connectivity index (χ3v) is 3.61. The molecule has 1 atom stereocenters. The lowest BCUT2D eigenvalue weighted by Crippen LogP contribution is -2.28. The van der Waals surface area contributed by atoms with E-state index in [1.54, 1.807) is 0 Å². The SMILES string of the molecule is CCC(C)N(C)c1ccc(CNC(C)C)cc1C. The van der Waals surface area contributed by atoms with Crippen LogP contribution in [0.1, 0.15) is 45.2 Å². The van der Waals surface area contributed by atoms with E-state index in [1.807, 2.05) is 0 Å². The number of benzene rings is 1. The standard InChI is InChI=1S/C16H28N2/c1-7-14(5)18(6)16-9-8-15(10-13(16)4)11-17-12(2)3/h8-10,12,14,17H,7,11H2,1-6H3. The van der Waals surface area contributed by atoms with Gasteiger partial charge in [-0.15, -0.1) is 0 Å². The van der Waals surface area contributed by atoms with Gasteiger partial charge < -0.3 is 10.2 Å². The minimum atomic E-state index is 0.535. The first kappa shape index (κ1) is 15.0. The molecule has 102 valence electrons. The van der Waals surface area contributed by atoms with E-state index in [2.05, 4.69) is 70.1 Å². The first-order valence-corrected chi connectivity index (χ1v) is 7.01. The van der Waals surface area contributed by atoms with Crippen LogP contribution in [0.25, 0.3) is 0 Å². The molecule has 18 heavy (non-hydrogen) atoms. The number of hydrogen-bond acceptors (Lipinski definition) is 2. The summed E-state index contributed by atoms with van der Waals surface area (Å²) in [6, 6.07) is 7.90. The second kappa shape index (κ2) is 6.79. The lowest BCUT2D eigenvalue weighted by Gasteiger charge is -2.28. The number of hydrogen-bond donors (Lipinski definition) is 1. The lowest BCUT2D eigenvalue weighted by molar-refractivity contribution is 0.588. The minimum Gasteiger partial charge on any atom is -0.372 e. The van der Waals surface area contributed by atoms with Gasteiger partial charge in [-0.2, -0.15) is 0 Å². The molecule has 1 aromatic carbocycles. The number of rotatable bonds is 6. The van der Waals surface area contributed by atoms with Gasteiger partial charge in [0.25, 0.3) is 0 Å². The van der Waals surface area contributed by atoms with Crippen molar-refractivity contribution in [1.82, 2.24) is 5.32 Å². The molecule has 0 aromatic heterocycles. The molecular formula is C16H28N2. The molecule has 2 heteroatoms. The summed E-state index contributed by atoms with van der Waals surface area (Å²) in [6.07, 6.45) is 1.17. The third kappa shape index (κ3) is 4.02. The largest absolute Gasteiger partial charge is 0.372 e. The van der Waals surface area contributed by atoms with Crippen molar-refractivity contribution in [2.45, 2.75) is 59.7 Å². The molecule has 0 saturated carbocycles. The fraction of sp³-hybridized carbons (Fsp3) is 0.625. The highest BCUT2D eigenvalue weighted by atomic mass is 15.1. The molecule has 0 heterocycles. The van der Waals surface area contributed by atoms with Crippen LogP contribution in [0.15, 0.2) is 18.2 Å². The maximum Gasteiger partial charge on any atom is 0.0395 e. The van der Waals surface area contributed by atoms with Crippen molar-refractivity contribution in [1.29, 1.82) is 0 Å². The summed E-state index contributed by atoms with van der Waals surface area (Å²) in [6.45, 7) is 12.0.